The molecule has 0 aliphatic heterocycles. The molecule has 2 N–H and O–H groups in total. The van der Waals surface area contributed by atoms with E-state index in [1.165, 1.54) is 6.20 Å². The van der Waals surface area contributed by atoms with Crippen LogP contribution in [0.25, 0.3) is 0 Å². The SMILES string of the molecule is O=C(NCC1CCCCC1C(=O)O)c1cnns1. The first-order chi connectivity index (χ1) is 8.68. The number of aliphatic carboxylic acids is 1. The zero-order valence-electron chi connectivity index (χ0n) is 9.83. The summed E-state index contributed by atoms with van der Waals surface area (Å²) in [6.07, 6.45) is 4.97. The molecule has 98 valence electrons. The molecule has 1 amide bonds. The lowest BCUT2D eigenvalue weighted by Gasteiger charge is -2.28. The van der Waals surface area contributed by atoms with Crippen molar-refractivity contribution >= 4 is 23.4 Å². The van der Waals surface area contributed by atoms with Gasteiger partial charge in [-0.1, -0.05) is 17.3 Å². The summed E-state index contributed by atoms with van der Waals surface area (Å²) in [6.45, 7) is 0.410. The predicted molar refractivity (Wildman–Crippen MR) is 65.3 cm³/mol. The Balaban J connectivity index is 1.88. The van der Waals surface area contributed by atoms with Gasteiger partial charge >= 0.3 is 5.97 Å². The third kappa shape index (κ3) is 3.04. The lowest BCUT2D eigenvalue weighted by molar-refractivity contribution is -0.144. The van der Waals surface area contributed by atoms with E-state index in [4.69, 9.17) is 5.11 Å². The highest BCUT2D eigenvalue weighted by molar-refractivity contribution is 7.07. The highest BCUT2D eigenvalue weighted by Crippen LogP contribution is 2.29. The molecule has 6 nitrogen and oxygen atoms in total. The second-order valence-corrected chi connectivity index (χ2v) is 5.27. The normalized spacial score (nSPS) is 23.6. The van der Waals surface area contributed by atoms with Crippen LogP contribution in [0.2, 0.25) is 0 Å². The van der Waals surface area contributed by atoms with Crippen molar-refractivity contribution in [3.63, 3.8) is 0 Å². The van der Waals surface area contributed by atoms with Crippen LogP contribution in [-0.4, -0.2) is 33.1 Å². The van der Waals surface area contributed by atoms with Gasteiger partial charge in [-0.15, -0.1) is 5.10 Å². The second kappa shape index (κ2) is 5.90. The highest BCUT2D eigenvalue weighted by atomic mass is 32.1. The number of amides is 1. The van der Waals surface area contributed by atoms with E-state index in [1.54, 1.807) is 0 Å². The number of carboxylic acid groups (broad SMARTS) is 1. The number of hydrogen-bond acceptors (Lipinski definition) is 5. The Morgan fingerprint density at radius 1 is 1.44 bits per heavy atom. The molecule has 1 saturated carbocycles. The minimum absolute atomic E-state index is 0.0288. The van der Waals surface area contributed by atoms with Gasteiger partial charge in [-0.2, -0.15) is 0 Å². The summed E-state index contributed by atoms with van der Waals surface area (Å²) in [5, 5.41) is 15.5. The average Bonchev–Trinajstić information content (AvgIpc) is 2.90. The quantitative estimate of drug-likeness (QED) is 0.855. The zero-order chi connectivity index (χ0) is 13.0. The zero-order valence-corrected chi connectivity index (χ0v) is 10.7. The lowest BCUT2D eigenvalue weighted by Crippen LogP contribution is -2.37. The maximum Gasteiger partial charge on any atom is 0.306 e. The Morgan fingerprint density at radius 3 is 2.89 bits per heavy atom. The Kier molecular flexibility index (Phi) is 4.24. The number of carboxylic acids is 1. The molecule has 1 aromatic rings. The van der Waals surface area contributed by atoms with Gasteiger partial charge in [0.05, 0.1) is 12.1 Å². The van der Waals surface area contributed by atoms with Crippen LogP contribution in [0.4, 0.5) is 0 Å². The average molecular weight is 269 g/mol. The highest BCUT2D eigenvalue weighted by Gasteiger charge is 2.30. The van der Waals surface area contributed by atoms with E-state index in [2.05, 4.69) is 14.9 Å². The lowest BCUT2D eigenvalue weighted by atomic mass is 9.79. The number of nitrogens with zero attached hydrogens (tertiary/aromatic N) is 2. The predicted octanol–water partition coefficient (Wildman–Crippen LogP) is 1.16. The van der Waals surface area contributed by atoms with Gasteiger partial charge < -0.3 is 10.4 Å². The monoisotopic (exact) mass is 269 g/mol. The second-order valence-electron chi connectivity index (χ2n) is 4.48. The van der Waals surface area contributed by atoms with Crippen molar-refractivity contribution in [2.24, 2.45) is 11.8 Å². The van der Waals surface area contributed by atoms with Crippen LogP contribution in [-0.2, 0) is 4.79 Å². The summed E-state index contributed by atoms with van der Waals surface area (Å²) in [5.74, 6) is -1.28. The van der Waals surface area contributed by atoms with Gasteiger partial charge in [-0.25, -0.2) is 0 Å². The molecule has 0 bridgehead atoms. The van der Waals surface area contributed by atoms with Crippen molar-refractivity contribution in [2.45, 2.75) is 25.7 Å². The van der Waals surface area contributed by atoms with Crippen molar-refractivity contribution in [1.29, 1.82) is 0 Å². The van der Waals surface area contributed by atoms with Crippen LogP contribution in [0.15, 0.2) is 6.20 Å². The molecule has 0 aromatic carbocycles. The number of aromatic nitrogens is 2. The van der Waals surface area contributed by atoms with Gasteiger partial charge in [0.2, 0.25) is 0 Å². The number of nitrogens with one attached hydrogen (secondary N) is 1. The summed E-state index contributed by atoms with van der Waals surface area (Å²) in [6, 6.07) is 0. The largest absolute Gasteiger partial charge is 0.481 e. The molecule has 1 aliphatic rings. The fraction of sp³-hybridized carbons (Fsp3) is 0.636. The maximum absolute atomic E-state index is 11.7. The molecular weight excluding hydrogens is 254 g/mol. The van der Waals surface area contributed by atoms with Crippen LogP contribution in [0.5, 0.6) is 0 Å². The van der Waals surface area contributed by atoms with Gasteiger partial charge in [0.15, 0.2) is 0 Å². The molecule has 1 aliphatic carbocycles. The first-order valence-electron chi connectivity index (χ1n) is 5.97. The van der Waals surface area contributed by atoms with Crippen molar-refractivity contribution < 1.29 is 14.7 Å². The van der Waals surface area contributed by atoms with Gasteiger partial charge in [0.1, 0.15) is 4.88 Å². The van der Waals surface area contributed by atoms with Crippen LogP contribution < -0.4 is 5.32 Å². The van der Waals surface area contributed by atoms with Crippen LogP contribution in [0, 0.1) is 11.8 Å². The Morgan fingerprint density at radius 2 is 2.22 bits per heavy atom. The molecule has 0 spiro atoms. The van der Waals surface area contributed by atoms with Crippen LogP contribution in [0.3, 0.4) is 0 Å². The standard InChI is InChI=1S/C11H15N3O3S/c15-10(9-6-13-14-18-9)12-5-7-3-1-2-4-8(7)11(16)17/h6-8H,1-5H2,(H,12,15)(H,16,17). The van der Waals surface area contributed by atoms with E-state index >= 15 is 0 Å². The van der Waals surface area contributed by atoms with E-state index in [0.717, 1.165) is 30.8 Å². The van der Waals surface area contributed by atoms with Gasteiger partial charge in [0, 0.05) is 6.54 Å². The summed E-state index contributed by atoms with van der Waals surface area (Å²) < 4.78 is 3.62. The van der Waals surface area contributed by atoms with Gasteiger partial charge in [-0.3, -0.25) is 9.59 Å². The molecule has 0 radical (unpaired) electrons. The molecule has 1 aromatic heterocycles. The van der Waals surface area contributed by atoms with E-state index in [0.29, 0.717) is 17.8 Å². The number of hydrogen-bond donors (Lipinski definition) is 2. The molecule has 0 saturated heterocycles. The fourth-order valence-corrected chi connectivity index (χ4v) is 2.79. The van der Waals surface area contributed by atoms with E-state index < -0.39 is 5.97 Å². The fourth-order valence-electron chi connectivity index (χ4n) is 2.36. The minimum Gasteiger partial charge on any atom is -0.481 e. The van der Waals surface area contributed by atoms with E-state index in [9.17, 15) is 9.59 Å². The summed E-state index contributed by atoms with van der Waals surface area (Å²) in [7, 11) is 0. The third-order valence-corrected chi connectivity index (χ3v) is 4.00. The molecule has 18 heavy (non-hydrogen) atoms. The Bertz CT molecular complexity index is 421. The van der Waals surface area contributed by atoms with Gasteiger partial charge in [-0.05, 0) is 30.3 Å². The number of carbonyl (C=O) groups excluding carboxylic acids is 1. The third-order valence-electron chi connectivity index (χ3n) is 3.34. The van der Waals surface area contributed by atoms with E-state index in [1.807, 2.05) is 0 Å². The van der Waals surface area contributed by atoms with Crippen molar-refractivity contribution in [3.8, 4) is 0 Å². The minimum atomic E-state index is -0.756. The smallest absolute Gasteiger partial charge is 0.306 e. The molecule has 2 rings (SSSR count). The summed E-state index contributed by atoms with van der Waals surface area (Å²) >= 11 is 1.04. The molecule has 1 heterocycles. The molecule has 2 unspecified atom stereocenters. The van der Waals surface area contributed by atoms with Crippen LogP contribution in [0.1, 0.15) is 35.4 Å². The summed E-state index contributed by atoms with van der Waals surface area (Å²) in [4.78, 5) is 23.3. The maximum atomic E-state index is 11.7. The molecule has 2 atom stereocenters. The van der Waals surface area contributed by atoms with Crippen molar-refractivity contribution in [1.82, 2.24) is 14.9 Å². The Hall–Kier alpha value is -1.50. The molecular formula is C11H15N3O3S. The first kappa shape index (κ1) is 12.9. The number of rotatable bonds is 4. The molecule has 1 fully saturated rings. The number of carbonyl (C=O) groups is 2. The van der Waals surface area contributed by atoms with Crippen LogP contribution >= 0.6 is 11.5 Å². The van der Waals surface area contributed by atoms with Crippen molar-refractivity contribution in [2.75, 3.05) is 6.54 Å². The first-order valence-corrected chi connectivity index (χ1v) is 6.74. The summed E-state index contributed by atoms with van der Waals surface area (Å²) in [5.41, 5.74) is 0. The van der Waals surface area contributed by atoms with E-state index in [-0.39, 0.29) is 17.7 Å². The van der Waals surface area contributed by atoms with Gasteiger partial charge in [0.25, 0.3) is 5.91 Å². The topological polar surface area (TPSA) is 92.2 Å². The Labute approximate surface area is 109 Å². The molecule has 7 heteroatoms. The van der Waals surface area contributed by atoms with Crippen molar-refractivity contribution in [3.05, 3.63) is 11.1 Å².